The van der Waals surface area contributed by atoms with E-state index in [0.717, 1.165) is 0 Å². The van der Waals surface area contributed by atoms with E-state index in [1.165, 1.54) is 0 Å². The number of nitrogens with zero attached hydrogens (tertiary/aromatic N) is 2. The predicted octanol–water partition coefficient (Wildman–Crippen LogP) is 3.60. The fourth-order valence-corrected chi connectivity index (χ4v) is 1.29. The SMILES string of the molecule is O=[N+]([O-])c1nc(Cl)cc(C(F)(F)F)c1C(F)F. The van der Waals surface area contributed by atoms with Gasteiger partial charge < -0.3 is 10.1 Å². The van der Waals surface area contributed by atoms with Gasteiger partial charge in [0.15, 0.2) is 0 Å². The minimum absolute atomic E-state index is 0.121. The van der Waals surface area contributed by atoms with E-state index < -0.39 is 39.6 Å². The minimum Gasteiger partial charge on any atom is -0.358 e. The van der Waals surface area contributed by atoms with Gasteiger partial charge in [0.05, 0.1) is 5.56 Å². The summed E-state index contributed by atoms with van der Waals surface area (Å²) in [5.74, 6) is -1.60. The second-order valence-electron chi connectivity index (χ2n) is 2.79. The standard InChI is InChI=1S/C7H2ClF5N2O2/c8-3-1-2(7(11,12)13)4(5(9)10)6(14-3)15(16)17/h1,5H. The molecule has 0 aromatic carbocycles. The number of aromatic nitrogens is 1. The third-order valence-corrected chi connectivity index (χ3v) is 1.90. The lowest BCUT2D eigenvalue weighted by molar-refractivity contribution is -0.391. The molecule has 0 radical (unpaired) electrons. The van der Waals surface area contributed by atoms with E-state index in [2.05, 4.69) is 4.98 Å². The van der Waals surface area contributed by atoms with Gasteiger partial charge in [-0.25, -0.2) is 8.78 Å². The van der Waals surface area contributed by atoms with E-state index in [0.29, 0.717) is 0 Å². The van der Waals surface area contributed by atoms with Crippen LogP contribution >= 0.6 is 11.6 Å². The third-order valence-electron chi connectivity index (χ3n) is 1.70. The van der Waals surface area contributed by atoms with Crippen LogP contribution < -0.4 is 0 Å². The van der Waals surface area contributed by atoms with Gasteiger partial charge in [0.25, 0.3) is 6.43 Å². The minimum atomic E-state index is -5.18. The van der Waals surface area contributed by atoms with E-state index in [1.54, 1.807) is 0 Å². The first-order chi connectivity index (χ1) is 7.64. The number of alkyl halides is 5. The highest BCUT2D eigenvalue weighted by molar-refractivity contribution is 6.29. The summed E-state index contributed by atoms with van der Waals surface area (Å²) in [5, 5.41) is 9.46. The molecule has 1 aromatic heterocycles. The molecule has 10 heteroatoms. The summed E-state index contributed by atoms with van der Waals surface area (Å²) >= 11 is 5.12. The van der Waals surface area contributed by atoms with Gasteiger partial charge >= 0.3 is 12.0 Å². The Balaban J connectivity index is 3.64. The second-order valence-corrected chi connectivity index (χ2v) is 3.17. The van der Waals surface area contributed by atoms with Gasteiger partial charge in [-0.15, -0.1) is 0 Å². The molecule has 4 nitrogen and oxygen atoms in total. The summed E-state index contributed by atoms with van der Waals surface area (Å²) < 4.78 is 62.0. The highest BCUT2D eigenvalue weighted by Gasteiger charge is 2.41. The highest BCUT2D eigenvalue weighted by Crippen LogP contribution is 2.41. The average Bonchev–Trinajstić information content (AvgIpc) is 2.14. The van der Waals surface area contributed by atoms with Crippen molar-refractivity contribution >= 4 is 17.4 Å². The zero-order valence-electron chi connectivity index (χ0n) is 7.63. The molecule has 0 saturated carbocycles. The van der Waals surface area contributed by atoms with Crippen molar-refractivity contribution in [3.8, 4) is 0 Å². The van der Waals surface area contributed by atoms with Crippen molar-refractivity contribution in [3.05, 3.63) is 32.5 Å². The van der Waals surface area contributed by atoms with Crippen LogP contribution in [0.5, 0.6) is 0 Å². The summed E-state index contributed by atoms with van der Waals surface area (Å²) in [4.78, 5) is 11.8. The van der Waals surface area contributed by atoms with Crippen molar-refractivity contribution in [1.29, 1.82) is 0 Å². The summed E-state index contributed by atoms with van der Waals surface area (Å²) in [7, 11) is 0. The summed E-state index contributed by atoms with van der Waals surface area (Å²) in [6.07, 6.45) is -8.86. The molecule has 0 atom stereocenters. The van der Waals surface area contributed by atoms with Crippen LogP contribution in [0.2, 0.25) is 5.15 Å². The maximum atomic E-state index is 12.4. The smallest absolute Gasteiger partial charge is 0.358 e. The van der Waals surface area contributed by atoms with Crippen molar-refractivity contribution in [2.75, 3.05) is 0 Å². The molecular weight excluding hydrogens is 275 g/mol. The zero-order chi connectivity index (χ0) is 13.4. The molecule has 0 aliphatic carbocycles. The summed E-state index contributed by atoms with van der Waals surface area (Å²) in [6, 6.07) is 0.121. The Morgan fingerprint density at radius 1 is 1.41 bits per heavy atom. The van der Waals surface area contributed by atoms with Gasteiger partial charge in [-0.1, -0.05) is 0 Å². The van der Waals surface area contributed by atoms with Crippen LogP contribution in [-0.4, -0.2) is 9.91 Å². The van der Waals surface area contributed by atoms with Crippen LogP contribution in [0.1, 0.15) is 17.6 Å². The Labute approximate surface area is 95.2 Å². The molecule has 0 aliphatic heterocycles. The molecule has 0 fully saturated rings. The molecule has 0 spiro atoms. The first-order valence-corrected chi connectivity index (χ1v) is 4.22. The monoisotopic (exact) mass is 276 g/mol. The van der Waals surface area contributed by atoms with E-state index >= 15 is 0 Å². The molecule has 0 bridgehead atoms. The van der Waals surface area contributed by atoms with Crippen LogP contribution in [0.4, 0.5) is 27.8 Å². The Morgan fingerprint density at radius 3 is 2.29 bits per heavy atom. The number of hydrogen-bond donors (Lipinski definition) is 0. The molecule has 0 N–H and O–H groups in total. The van der Waals surface area contributed by atoms with Crippen LogP contribution in [0.25, 0.3) is 0 Å². The summed E-state index contributed by atoms with van der Waals surface area (Å²) in [6.45, 7) is 0. The fourth-order valence-electron chi connectivity index (χ4n) is 1.10. The quantitative estimate of drug-likeness (QED) is 0.359. The molecule has 1 heterocycles. The lowest BCUT2D eigenvalue weighted by atomic mass is 10.1. The number of rotatable bonds is 2. The fraction of sp³-hybridized carbons (Fsp3) is 0.286. The van der Waals surface area contributed by atoms with E-state index in [4.69, 9.17) is 11.6 Å². The molecule has 94 valence electrons. The Morgan fingerprint density at radius 2 is 1.94 bits per heavy atom. The van der Waals surface area contributed by atoms with Crippen molar-refractivity contribution < 1.29 is 26.9 Å². The number of nitro groups is 1. The lowest BCUT2D eigenvalue weighted by Gasteiger charge is -2.11. The van der Waals surface area contributed by atoms with E-state index in [-0.39, 0.29) is 6.07 Å². The number of halogens is 6. The molecule has 1 aromatic rings. The topological polar surface area (TPSA) is 56.0 Å². The first-order valence-electron chi connectivity index (χ1n) is 3.84. The molecule has 0 aliphatic rings. The Kier molecular flexibility index (Phi) is 3.51. The summed E-state index contributed by atoms with van der Waals surface area (Å²) in [5.41, 5.74) is -3.65. The van der Waals surface area contributed by atoms with E-state index in [9.17, 15) is 32.1 Å². The maximum Gasteiger partial charge on any atom is 0.417 e. The zero-order valence-corrected chi connectivity index (χ0v) is 8.39. The normalized spacial score (nSPS) is 11.9. The lowest BCUT2D eigenvalue weighted by Crippen LogP contribution is -2.13. The Bertz CT molecular complexity index is 462. The molecule has 0 unspecified atom stereocenters. The molecular formula is C7H2ClF5N2O2. The van der Waals surface area contributed by atoms with Gasteiger partial charge in [0.2, 0.25) is 5.15 Å². The average molecular weight is 277 g/mol. The second kappa shape index (κ2) is 4.40. The van der Waals surface area contributed by atoms with Gasteiger partial charge in [-0.05, 0) is 21.5 Å². The number of hydrogen-bond acceptors (Lipinski definition) is 3. The molecule has 17 heavy (non-hydrogen) atoms. The van der Waals surface area contributed by atoms with Gasteiger partial charge in [-0.3, -0.25) is 0 Å². The van der Waals surface area contributed by atoms with Crippen LogP contribution in [0.3, 0.4) is 0 Å². The Hall–Kier alpha value is -1.51. The van der Waals surface area contributed by atoms with Crippen LogP contribution in [0, 0.1) is 10.1 Å². The van der Waals surface area contributed by atoms with Gasteiger partial charge in [0, 0.05) is 6.07 Å². The van der Waals surface area contributed by atoms with Gasteiger partial charge in [-0.2, -0.15) is 13.2 Å². The van der Waals surface area contributed by atoms with Crippen molar-refractivity contribution in [3.63, 3.8) is 0 Å². The van der Waals surface area contributed by atoms with Crippen LogP contribution in [-0.2, 0) is 6.18 Å². The van der Waals surface area contributed by atoms with Crippen molar-refractivity contribution in [2.24, 2.45) is 0 Å². The molecule has 1 rings (SSSR count). The predicted molar refractivity (Wildman–Crippen MR) is 45.9 cm³/mol. The van der Waals surface area contributed by atoms with Crippen molar-refractivity contribution in [1.82, 2.24) is 4.98 Å². The molecule has 0 amide bonds. The van der Waals surface area contributed by atoms with Gasteiger partial charge in [0.1, 0.15) is 5.56 Å². The van der Waals surface area contributed by atoms with Crippen LogP contribution in [0.15, 0.2) is 6.07 Å². The largest absolute Gasteiger partial charge is 0.417 e. The van der Waals surface area contributed by atoms with E-state index in [1.807, 2.05) is 0 Å². The third kappa shape index (κ3) is 2.78. The highest BCUT2D eigenvalue weighted by atomic mass is 35.5. The molecule has 0 saturated heterocycles. The van der Waals surface area contributed by atoms with Crippen molar-refractivity contribution in [2.45, 2.75) is 12.6 Å². The maximum absolute atomic E-state index is 12.4. The first kappa shape index (κ1) is 13.6. The number of pyridine rings is 1.